The maximum atomic E-state index is 4.49. The average Bonchev–Trinajstić information content (AvgIpc) is 2.37. The lowest BCUT2D eigenvalue weighted by atomic mass is 10.2. The first kappa shape index (κ1) is 13.3. The smallest absolute Gasteiger partial charge is 0.128 e. The van der Waals surface area contributed by atoms with Crippen LogP contribution in [-0.2, 0) is 6.54 Å². The molecule has 0 unspecified atom stereocenters. The van der Waals surface area contributed by atoms with Crippen molar-refractivity contribution in [3.8, 4) is 0 Å². The third-order valence-electron chi connectivity index (χ3n) is 3.35. The highest BCUT2D eigenvalue weighted by Crippen LogP contribution is 2.14. The lowest BCUT2D eigenvalue weighted by molar-refractivity contribution is 0.312. The van der Waals surface area contributed by atoms with Crippen LogP contribution in [0.25, 0.3) is 0 Å². The summed E-state index contributed by atoms with van der Waals surface area (Å²) in [5.74, 6) is 1.12. The molecule has 0 aliphatic carbocycles. The summed E-state index contributed by atoms with van der Waals surface area (Å²) < 4.78 is 0. The van der Waals surface area contributed by atoms with Crippen LogP contribution in [-0.4, -0.2) is 49.2 Å². The standard InChI is InChI=1S/C14H24N4/c1-12(2)16-11-13-4-5-15-14(10-13)18-8-6-17(3)7-9-18/h4-5,10,12,16H,6-9,11H2,1-3H3. The van der Waals surface area contributed by atoms with Crippen LogP contribution in [0.15, 0.2) is 18.3 Å². The lowest BCUT2D eigenvalue weighted by Crippen LogP contribution is -2.44. The molecule has 0 saturated carbocycles. The molecule has 100 valence electrons. The van der Waals surface area contributed by atoms with Gasteiger partial charge in [-0.3, -0.25) is 0 Å². The number of piperazine rings is 1. The van der Waals surface area contributed by atoms with E-state index in [-0.39, 0.29) is 0 Å². The van der Waals surface area contributed by atoms with Gasteiger partial charge in [-0.2, -0.15) is 0 Å². The Bertz CT molecular complexity index is 370. The van der Waals surface area contributed by atoms with Crippen LogP contribution < -0.4 is 10.2 Å². The van der Waals surface area contributed by atoms with Gasteiger partial charge < -0.3 is 15.1 Å². The maximum Gasteiger partial charge on any atom is 0.128 e. The summed E-state index contributed by atoms with van der Waals surface area (Å²) in [5.41, 5.74) is 1.31. The highest BCUT2D eigenvalue weighted by Gasteiger charge is 2.15. The highest BCUT2D eigenvalue weighted by atomic mass is 15.3. The van der Waals surface area contributed by atoms with Crippen molar-refractivity contribution in [3.63, 3.8) is 0 Å². The molecule has 1 aromatic rings. The number of likely N-dealkylation sites (N-methyl/N-ethyl adjacent to an activating group) is 1. The molecule has 0 atom stereocenters. The Labute approximate surface area is 110 Å². The Morgan fingerprint density at radius 2 is 2.00 bits per heavy atom. The van der Waals surface area contributed by atoms with Crippen LogP contribution in [0.3, 0.4) is 0 Å². The average molecular weight is 248 g/mol. The van der Waals surface area contributed by atoms with Crippen LogP contribution in [0.1, 0.15) is 19.4 Å². The van der Waals surface area contributed by atoms with Gasteiger partial charge in [0.05, 0.1) is 0 Å². The van der Waals surface area contributed by atoms with Crippen LogP contribution in [0.4, 0.5) is 5.82 Å². The summed E-state index contributed by atoms with van der Waals surface area (Å²) in [6, 6.07) is 4.82. The molecule has 2 heterocycles. The fraction of sp³-hybridized carbons (Fsp3) is 0.643. The van der Waals surface area contributed by atoms with Gasteiger partial charge in [0.25, 0.3) is 0 Å². The molecule has 0 aromatic carbocycles. The Balaban J connectivity index is 1.98. The number of hydrogen-bond acceptors (Lipinski definition) is 4. The molecule has 1 fully saturated rings. The third-order valence-corrected chi connectivity index (χ3v) is 3.35. The van der Waals surface area contributed by atoms with Crippen molar-refractivity contribution in [2.45, 2.75) is 26.4 Å². The molecule has 4 nitrogen and oxygen atoms in total. The summed E-state index contributed by atoms with van der Waals surface area (Å²) >= 11 is 0. The van der Waals surface area contributed by atoms with Gasteiger partial charge >= 0.3 is 0 Å². The molecule has 4 heteroatoms. The van der Waals surface area contributed by atoms with Crippen LogP contribution in [0, 0.1) is 0 Å². The van der Waals surface area contributed by atoms with Crippen LogP contribution in [0.2, 0.25) is 0 Å². The first-order valence-electron chi connectivity index (χ1n) is 6.77. The van der Waals surface area contributed by atoms with Crippen molar-refractivity contribution >= 4 is 5.82 Å². The summed E-state index contributed by atoms with van der Waals surface area (Å²) in [7, 11) is 2.17. The molecule has 0 amide bonds. The van der Waals surface area contributed by atoms with E-state index in [9.17, 15) is 0 Å². The Morgan fingerprint density at radius 3 is 2.67 bits per heavy atom. The van der Waals surface area contributed by atoms with Gasteiger partial charge in [-0.05, 0) is 24.7 Å². The second-order valence-corrected chi connectivity index (χ2v) is 5.35. The molecule has 0 radical (unpaired) electrons. The van der Waals surface area contributed by atoms with Crippen molar-refractivity contribution in [2.24, 2.45) is 0 Å². The summed E-state index contributed by atoms with van der Waals surface area (Å²) in [6.07, 6.45) is 1.92. The number of aromatic nitrogens is 1. The summed E-state index contributed by atoms with van der Waals surface area (Å²) in [6.45, 7) is 9.65. The van der Waals surface area contributed by atoms with E-state index in [1.165, 1.54) is 5.56 Å². The number of rotatable bonds is 4. The second-order valence-electron chi connectivity index (χ2n) is 5.35. The van der Waals surface area contributed by atoms with E-state index in [1.807, 2.05) is 6.20 Å². The van der Waals surface area contributed by atoms with Gasteiger partial charge in [0.2, 0.25) is 0 Å². The zero-order valence-electron chi connectivity index (χ0n) is 11.7. The molecular weight excluding hydrogens is 224 g/mol. The SMILES string of the molecule is CC(C)NCc1ccnc(N2CCN(C)CC2)c1. The minimum Gasteiger partial charge on any atom is -0.354 e. The van der Waals surface area contributed by atoms with Crippen LogP contribution in [0.5, 0.6) is 0 Å². The molecule has 18 heavy (non-hydrogen) atoms. The van der Waals surface area contributed by atoms with E-state index < -0.39 is 0 Å². The minimum absolute atomic E-state index is 0.519. The molecule has 1 aromatic heterocycles. The minimum atomic E-state index is 0.519. The molecule has 0 bridgehead atoms. The number of anilines is 1. The van der Waals surface area contributed by atoms with Gasteiger partial charge in [0, 0.05) is 45.0 Å². The van der Waals surface area contributed by atoms with E-state index in [1.54, 1.807) is 0 Å². The molecule has 1 saturated heterocycles. The summed E-state index contributed by atoms with van der Waals surface area (Å²) in [4.78, 5) is 9.23. The molecule has 1 aliphatic heterocycles. The fourth-order valence-corrected chi connectivity index (χ4v) is 2.10. The number of nitrogens with one attached hydrogen (secondary N) is 1. The molecule has 1 N–H and O–H groups in total. The van der Waals surface area contributed by atoms with E-state index in [0.717, 1.165) is 38.5 Å². The number of nitrogens with zero attached hydrogens (tertiary/aromatic N) is 3. The van der Waals surface area contributed by atoms with Crippen molar-refractivity contribution < 1.29 is 0 Å². The molecule has 0 spiro atoms. The Kier molecular flexibility index (Phi) is 4.55. The van der Waals surface area contributed by atoms with E-state index in [4.69, 9.17) is 0 Å². The normalized spacial score (nSPS) is 17.4. The topological polar surface area (TPSA) is 31.4 Å². The van der Waals surface area contributed by atoms with E-state index in [0.29, 0.717) is 6.04 Å². The molecule has 1 aliphatic rings. The van der Waals surface area contributed by atoms with Crippen molar-refractivity contribution in [2.75, 3.05) is 38.1 Å². The fourth-order valence-electron chi connectivity index (χ4n) is 2.10. The molecular formula is C14H24N4. The maximum absolute atomic E-state index is 4.49. The zero-order valence-corrected chi connectivity index (χ0v) is 11.7. The first-order valence-corrected chi connectivity index (χ1v) is 6.77. The predicted molar refractivity (Wildman–Crippen MR) is 75.9 cm³/mol. The van der Waals surface area contributed by atoms with Crippen molar-refractivity contribution in [3.05, 3.63) is 23.9 Å². The highest BCUT2D eigenvalue weighted by molar-refractivity contribution is 5.41. The van der Waals surface area contributed by atoms with Gasteiger partial charge in [0.1, 0.15) is 5.82 Å². The van der Waals surface area contributed by atoms with Crippen molar-refractivity contribution in [1.82, 2.24) is 15.2 Å². The van der Waals surface area contributed by atoms with Gasteiger partial charge in [-0.25, -0.2) is 4.98 Å². The Hall–Kier alpha value is -1.13. The van der Waals surface area contributed by atoms with Gasteiger partial charge in [-0.15, -0.1) is 0 Å². The van der Waals surface area contributed by atoms with E-state index in [2.05, 4.69) is 53.1 Å². The second kappa shape index (κ2) is 6.16. The largest absolute Gasteiger partial charge is 0.354 e. The van der Waals surface area contributed by atoms with Gasteiger partial charge in [-0.1, -0.05) is 13.8 Å². The summed E-state index contributed by atoms with van der Waals surface area (Å²) in [5, 5.41) is 3.44. The van der Waals surface area contributed by atoms with Crippen molar-refractivity contribution in [1.29, 1.82) is 0 Å². The van der Waals surface area contributed by atoms with Gasteiger partial charge in [0.15, 0.2) is 0 Å². The monoisotopic (exact) mass is 248 g/mol. The Morgan fingerprint density at radius 1 is 1.28 bits per heavy atom. The quantitative estimate of drug-likeness (QED) is 0.871. The molecule has 2 rings (SSSR count). The lowest BCUT2D eigenvalue weighted by Gasteiger charge is -2.33. The van der Waals surface area contributed by atoms with E-state index >= 15 is 0 Å². The predicted octanol–water partition coefficient (Wildman–Crippen LogP) is 1.33. The van der Waals surface area contributed by atoms with Crippen LogP contribution >= 0.6 is 0 Å². The first-order chi connectivity index (χ1) is 8.65. The number of pyridine rings is 1. The number of hydrogen-bond donors (Lipinski definition) is 1. The zero-order chi connectivity index (χ0) is 13.0. The third kappa shape index (κ3) is 3.68.